The van der Waals surface area contributed by atoms with E-state index in [1.165, 1.54) is 6.08 Å². The zero-order valence-electron chi connectivity index (χ0n) is 9.56. The van der Waals surface area contributed by atoms with Gasteiger partial charge in [0.05, 0.1) is 11.1 Å². The van der Waals surface area contributed by atoms with E-state index in [-0.39, 0.29) is 11.1 Å². The largest absolute Gasteiger partial charge is 0.269 e. The number of hydrogen-bond donors (Lipinski definition) is 0. The molecule has 4 heteroatoms. The predicted octanol–water partition coefficient (Wildman–Crippen LogP) is 1.78. The van der Waals surface area contributed by atoms with Crippen LogP contribution >= 0.6 is 0 Å². The molecule has 0 aliphatic carbocycles. The van der Waals surface area contributed by atoms with Gasteiger partial charge in [0.2, 0.25) is 0 Å². The first-order valence-electron chi connectivity index (χ1n) is 5.19. The molecule has 0 atom stereocenters. The molecule has 0 fully saturated rings. The lowest BCUT2D eigenvalue weighted by Gasteiger charge is -2.08. The highest BCUT2D eigenvalue weighted by Crippen LogP contribution is 2.22. The molecule has 1 aromatic carbocycles. The summed E-state index contributed by atoms with van der Waals surface area (Å²) in [7, 11) is 0. The summed E-state index contributed by atoms with van der Waals surface area (Å²) in [5.74, 6) is -1.68. The Morgan fingerprint density at radius 2 is 1.53 bits per heavy atom. The highest BCUT2D eigenvalue weighted by Gasteiger charge is 2.38. The lowest BCUT2D eigenvalue weighted by Crippen LogP contribution is -2.34. The third kappa shape index (κ3) is 1.78. The monoisotopic (exact) mass is 229 g/mol. The van der Waals surface area contributed by atoms with Crippen LogP contribution in [-0.4, -0.2) is 22.6 Å². The van der Waals surface area contributed by atoms with E-state index in [1.54, 1.807) is 38.1 Å². The maximum Gasteiger partial charge on any atom is 0.268 e. The average molecular weight is 229 g/mol. The standard InChI is InChI=1S/C13H11NO3/c1-8(2)7-11(15)14-12(16)9-5-3-4-6-10(9)13(14)17/h3-7H,1-2H3. The Kier molecular flexibility index (Phi) is 2.63. The van der Waals surface area contributed by atoms with Crippen LogP contribution in [0.25, 0.3) is 0 Å². The molecule has 1 aliphatic heterocycles. The summed E-state index contributed by atoms with van der Waals surface area (Å²) in [5, 5.41) is 0. The Labute approximate surface area is 98.5 Å². The summed E-state index contributed by atoms with van der Waals surface area (Å²) in [6.45, 7) is 3.46. The summed E-state index contributed by atoms with van der Waals surface area (Å²) in [5.41, 5.74) is 1.31. The number of rotatable bonds is 1. The van der Waals surface area contributed by atoms with Crippen LogP contribution < -0.4 is 0 Å². The Morgan fingerprint density at radius 1 is 1.06 bits per heavy atom. The number of imide groups is 3. The fraction of sp³-hybridized carbons (Fsp3) is 0.154. The van der Waals surface area contributed by atoms with Gasteiger partial charge in [-0.2, -0.15) is 0 Å². The lowest BCUT2D eigenvalue weighted by atomic mass is 10.1. The molecule has 0 saturated heterocycles. The van der Waals surface area contributed by atoms with Crippen LogP contribution in [0.15, 0.2) is 35.9 Å². The van der Waals surface area contributed by atoms with Gasteiger partial charge in [-0.3, -0.25) is 14.4 Å². The Morgan fingerprint density at radius 3 is 1.94 bits per heavy atom. The molecule has 0 bridgehead atoms. The Bertz CT molecular complexity index is 519. The number of carbonyl (C=O) groups excluding carboxylic acids is 3. The molecule has 86 valence electrons. The molecule has 0 unspecified atom stereocenters. The molecule has 17 heavy (non-hydrogen) atoms. The van der Waals surface area contributed by atoms with Crippen LogP contribution in [0.1, 0.15) is 34.6 Å². The highest BCUT2D eigenvalue weighted by atomic mass is 16.2. The Hall–Kier alpha value is -2.23. The molecule has 0 aromatic heterocycles. The fourth-order valence-corrected chi connectivity index (χ4v) is 1.70. The molecule has 0 saturated carbocycles. The third-order valence-corrected chi connectivity index (χ3v) is 2.43. The quantitative estimate of drug-likeness (QED) is 0.544. The van der Waals surface area contributed by atoms with Crippen molar-refractivity contribution in [2.24, 2.45) is 0 Å². The molecule has 2 rings (SSSR count). The van der Waals surface area contributed by atoms with Crippen LogP contribution in [0, 0.1) is 0 Å². The summed E-state index contributed by atoms with van der Waals surface area (Å²) in [6, 6.07) is 6.43. The van der Waals surface area contributed by atoms with Gasteiger partial charge in [0.25, 0.3) is 17.7 Å². The van der Waals surface area contributed by atoms with Crippen molar-refractivity contribution in [3.63, 3.8) is 0 Å². The van der Waals surface area contributed by atoms with Gasteiger partial charge in [0, 0.05) is 6.08 Å². The highest BCUT2D eigenvalue weighted by molar-refractivity contribution is 6.30. The Balaban J connectivity index is 2.43. The van der Waals surface area contributed by atoms with Gasteiger partial charge in [-0.15, -0.1) is 0 Å². The van der Waals surface area contributed by atoms with Gasteiger partial charge in [-0.25, -0.2) is 4.90 Å². The van der Waals surface area contributed by atoms with Crippen LogP contribution in [0.4, 0.5) is 0 Å². The van der Waals surface area contributed by atoms with Crippen LogP contribution in [-0.2, 0) is 4.79 Å². The van der Waals surface area contributed by atoms with Crippen molar-refractivity contribution in [2.75, 3.05) is 0 Å². The second-order valence-corrected chi connectivity index (χ2v) is 4.05. The molecule has 0 spiro atoms. The minimum Gasteiger partial charge on any atom is -0.269 e. The number of nitrogens with zero attached hydrogens (tertiary/aromatic N) is 1. The predicted molar refractivity (Wildman–Crippen MR) is 61.4 cm³/mol. The molecule has 1 heterocycles. The first-order chi connectivity index (χ1) is 8.02. The zero-order valence-corrected chi connectivity index (χ0v) is 9.56. The van der Waals surface area contributed by atoms with E-state index < -0.39 is 17.7 Å². The molecule has 0 N–H and O–H groups in total. The summed E-state index contributed by atoms with van der Waals surface area (Å²) < 4.78 is 0. The van der Waals surface area contributed by atoms with Crippen molar-refractivity contribution in [2.45, 2.75) is 13.8 Å². The van der Waals surface area contributed by atoms with Gasteiger partial charge in [0.15, 0.2) is 0 Å². The molecule has 0 radical (unpaired) electrons. The smallest absolute Gasteiger partial charge is 0.268 e. The van der Waals surface area contributed by atoms with E-state index >= 15 is 0 Å². The van der Waals surface area contributed by atoms with E-state index in [9.17, 15) is 14.4 Å². The first kappa shape index (κ1) is 11.3. The van der Waals surface area contributed by atoms with E-state index in [1.807, 2.05) is 0 Å². The normalized spacial score (nSPS) is 13.6. The van der Waals surface area contributed by atoms with E-state index in [0.717, 1.165) is 5.57 Å². The van der Waals surface area contributed by atoms with Crippen molar-refractivity contribution in [1.82, 2.24) is 4.90 Å². The van der Waals surface area contributed by atoms with Gasteiger partial charge in [-0.1, -0.05) is 17.7 Å². The van der Waals surface area contributed by atoms with Gasteiger partial charge >= 0.3 is 0 Å². The van der Waals surface area contributed by atoms with Crippen molar-refractivity contribution in [1.29, 1.82) is 0 Å². The minimum absolute atomic E-state index is 0.285. The lowest BCUT2D eigenvalue weighted by molar-refractivity contribution is -0.121. The number of benzene rings is 1. The number of hydrogen-bond acceptors (Lipinski definition) is 3. The summed E-state index contributed by atoms with van der Waals surface area (Å²) in [4.78, 5) is 36.2. The molecule has 4 nitrogen and oxygen atoms in total. The van der Waals surface area contributed by atoms with Gasteiger partial charge < -0.3 is 0 Å². The SMILES string of the molecule is CC(C)=CC(=O)N1C(=O)c2ccccc2C1=O. The van der Waals surface area contributed by atoms with Crippen molar-refractivity contribution < 1.29 is 14.4 Å². The molecular formula is C13H11NO3. The molecule has 1 aliphatic rings. The van der Waals surface area contributed by atoms with E-state index in [4.69, 9.17) is 0 Å². The van der Waals surface area contributed by atoms with Gasteiger partial charge in [-0.05, 0) is 26.0 Å². The minimum atomic E-state index is -0.587. The van der Waals surface area contributed by atoms with E-state index in [0.29, 0.717) is 4.90 Å². The number of allylic oxidation sites excluding steroid dienone is 1. The van der Waals surface area contributed by atoms with Crippen molar-refractivity contribution >= 4 is 17.7 Å². The van der Waals surface area contributed by atoms with Crippen LogP contribution in [0.2, 0.25) is 0 Å². The van der Waals surface area contributed by atoms with Crippen LogP contribution in [0.5, 0.6) is 0 Å². The maximum atomic E-state index is 11.9. The van der Waals surface area contributed by atoms with E-state index in [2.05, 4.69) is 0 Å². The molecular weight excluding hydrogens is 218 g/mol. The van der Waals surface area contributed by atoms with Crippen LogP contribution in [0.3, 0.4) is 0 Å². The molecule has 3 amide bonds. The van der Waals surface area contributed by atoms with Gasteiger partial charge in [0.1, 0.15) is 0 Å². The summed E-state index contributed by atoms with van der Waals surface area (Å²) in [6.07, 6.45) is 1.28. The topological polar surface area (TPSA) is 54.5 Å². The first-order valence-corrected chi connectivity index (χ1v) is 5.19. The second kappa shape index (κ2) is 3.97. The van der Waals surface area contributed by atoms with Crippen molar-refractivity contribution in [3.8, 4) is 0 Å². The zero-order chi connectivity index (χ0) is 12.6. The second-order valence-electron chi connectivity index (χ2n) is 4.05. The fourth-order valence-electron chi connectivity index (χ4n) is 1.70. The summed E-state index contributed by atoms with van der Waals surface area (Å²) >= 11 is 0. The van der Waals surface area contributed by atoms with Crippen molar-refractivity contribution in [3.05, 3.63) is 47.0 Å². The number of amides is 3. The average Bonchev–Trinajstić information content (AvgIpc) is 2.51. The number of fused-ring (bicyclic) bond motifs is 1. The number of carbonyl (C=O) groups is 3. The maximum absolute atomic E-state index is 11.9. The molecule has 1 aromatic rings. The third-order valence-electron chi connectivity index (χ3n) is 2.43.